The summed E-state index contributed by atoms with van der Waals surface area (Å²) in [6.07, 6.45) is -0.222. The van der Waals surface area contributed by atoms with Crippen LogP contribution in [-0.2, 0) is 20.9 Å². The molecule has 1 aromatic heterocycles. The Hall–Kier alpha value is -1.51. The number of hydrogen-bond donors (Lipinski definition) is 0. The van der Waals surface area contributed by atoms with Gasteiger partial charge in [-0.05, 0) is 5.38 Å². The number of piperidine rings is 1. The van der Waals surface area contributed by atoms with Crippen LogP contribution in [0.15, 0.2) is 10.8 Å². The molecule has 21 heavy (non-hydrogen) atoms. The first-order valence-corrected chi connectivity index (χ1v) is 7.54. The van der Waals surface area contributed by atoms with Crippen LogP contribution in [0.25, 0.3) is 0 Å². The van der Waals surface area contributed by atoms with Crippen molar-refractivity contribution in [1.29, 1.82) is 0 Å². The number of halogens is 1. The van der Waals surface area contributed by atoms with Crippen molar-refractivity contribution in [2.24, 2.45) is 0 Å². The second kappa shape index (κ2) is 5.36. The molecule has 3 rings (SSSR count). The zero-order valence-electron chi connectivity index (χ0n) is 11.5. The van der Waals surface area contributed by atoms with Crippen LogP contribution in [0.1, 0.15) is 18.4 Å². The fourth-order valence-corrected chi connectivity index (χ4v) is 3.23. The molecule has 0 spiro atoms. The van der Waals surface area contributed by atoms with Gasteiger partial charge in [-0.25, -0.2) is 4.39 Å². The molecule has 1 fully saturated rings. The van der Waals surface area contributed by atoms with E-state index in [-0.39, 0.29) is 38.4 Å². The van der Waals surface area contributed by atoms with Gasteiger partial charge in [0.15, 0.2) is 5.75 Å². The second-order valence-electron chi connectivity index (χ2n) is 4.99. The molecule has 1 saturated heterocycles. The Bertz CT molecular complexity index is 558. The number of imide groups is 1. The molecule has 0 saturated carbocycles. The number of thiophene rings is 1. The normalized spacial score (nSPS) is 26.1. The van der Waals surface area contributed by atoms with Gasteiger partial charge in [-0.1, -0.05) is 5.06 Å². The fourth-order valence-electron chi connectivity index (χ4n) is 2.49. The highest BCUT2D eigenvalue weighted by Crippen LogP contribution is 2.40. The zero-order valence-corrected chi connectivity index (χ0v) is 12.3. The molecule has 0 N–H and O–H groups in total. The molecule has 114 valence electrons. The Morgan fingerprint density at radius 1 is 1.48 bits per heavy atom. The number of ether oxygens (including phenoxy) is 1. The van der Waals surface area contributed by atoms with Crippen LogP contribution in [0.2, 0.25) is 0 Å². The molecule has 2 aliphatic rings. The molecular formula is C13H15FN2O4S. The highest BCUT2D eigenvalue weighted by Gasteiger charge is 2.55. The van der Waals surface area contributed by atoms with E-state index < -0.39 is 11.7 Å². The van der Waals surface area contributed by atoms with Crippen molar-refractivity contribution in [3.05, 3.63) is 16.3 Å². The minimum Gasteiger partial charge on any atom is -0.401 e. The van der Waals surface area contributed by atoms with Gasteiger partial charge in [0.1, 0.15) is 0 Å². The van der Waals surface area contributed by atoms with Crippen LogP contribution in [0.5, 0.6) is 5.75 Å². The Morgan fingerprint density at radius 3 is 3.00 bits per heavy atom. The molecule has 0 radical (unpaired) electrons. The summed E-state index contributed by atoms with van der Waals surface area (Å²) in [5.41, 5.74) is 0.852. The van der Waals surface area contributed by atoms with Gasteiger partial charge in [0, 0.05) is 30.9 Å². The number of carbonyl (C=O) groups excluding carboxylic acids is 2. The minimum atomic E-state index is -2.31. The highest BCUT2D eigenvalue weighted by atomic mass is 32.1. The maximum absolute atomic E-state index is 15.2. The van der Waals surface area contributed by atoms with Gasteiger partial charge in [-0.3, -0.25) is 14.5 Å². The van der Waals surface area contributed by atoms with E-state index in [1.165, 1.54) is 18.4 Å². The number of methoxy groups -OCH3 is 1. The molecule has 2 amide bonds. The molecule has 0 aromatic carbocycles. The topological polar surface area (TPSA) is 59.1 Å². The van der Waals surface area contributed by atoms with E-state index in [9.17, 15) is 9.59 Å². The fraction of sp³-hybridized carbons (Fsp3) is 0.538. The van der Waals surface area contributed by atoms with Crippen molar-refractivity contribution < 1.29 is 23.6 Å². The van der Waals surface area contributed by atoms with Gasteiger partial charge in [-0.15, -0.1) is 11.3 Å². The van der Waals surface area contributed by atoms with E-state index in [1.54, 1.807) is 5.38 Å². The summed E-state index contributed by atoms with van der Waals surface area (Å²) in [7, 11) is 1.46. The predicted octanol–water partition coefficient (Wildman–Crippen LogP) is 1.32. The number of hydroxylamine groups is 2. The third-order valence-electron chi connectivity index (χ3n) is 3.68. The van der Waals surface area contributed by atoms with E-state index >= 15 is 4.39 Å². The van der Waals surface area contributed by atoms with E-state index in [0.29, 0.717) is 5.75 Å². The number of rotatable bonds is 4. The smallest absolute Gasteiger partial charge is 0.285 e. The molecule has 8 heteroatoms. The van der Waals surface area contributed by atoms with Crippen molar-refractivity contribution in [3.8, 4) is 5.75 Å². The Morgan fingerprint density at radius 2 is 2.29 bits per heavy atom. The summed E-state index contributed by atoms with van der Waals surface area (Å²) >= 11 is 1.46. The molecule has 2 aliphatic heterocycles. The SMILES string of the molecule is COCCN1C(=O)CC[C@](F)(N2Cc3cscc3O2)C1=O. The second-order valence-corrected chi connectivity index (χ2v) is 5.74. The van der Waals surface area contributed by atoms with E-state index in [0.717, 1.165) is 15.5 Å². The monoisotopic (exact) mass is 314 g/mol. The van der Waals surface area contributed by atoms with Crippen LogP contribution in [0.4, 0.5) is 4.39 Å². The summed E-state index contributed by atoms with van der Waals surface area (Å²) in [4.78, 5) is 30.5. The first-order chi connectivity index (χ1) is 10.1. The number of amides is 2. The first kappa shape index (κ1) is 14.4. The Kier molecular flexibility index (Phi) is 3.68. The molecule has 1 aromatic rings. The van der Waals surface area contributed by atoms with Crippen LogP contribution < -0.4 is 4.84 Å². The Labute approximate surface area is 125 Å². The van der Waals surface area contributed by atoms with Gasteiger partial charge in [0.25, 0.3) is 11.7 Å². The van der Waals surface area contributed by atoms with Crippen LogP contribution in [0.3, 0.4) is 0 Å². The van der Waals surface area contributed by atoms with Gasteiger partial charge >= 0.3 is 0 Å². The molecular weight excluding hydrogens is 299 g/mol. The number of carbonyl (C=O) groups is 2. The van der Waals surface area contributed by atoms with Crippen LogP contribution in [-0.4, -0.2) is 47.8 Å². The third kappa shape index (κ3) is 2.33. The third-order valence-corrected chi connectivity index (χ3v) is 4.45. The number of fused-ring (bicyclic) bond motifs is 1. The quantitative estimate of drug-likeness (QED) is 0.620. The molecule has 0 aliphatic carbocycles. The van der Waals surface area contributed by atoms with Gasteiger partial charge in [0.05, 0.1) is 19.7 Å². The van der Waals surface area contributed by atoms with Crippen LogP contribution >= 0.6 is 11.3 Å². The van der Waals surface area contributed by atoms with E-state index in [2.05, 4.69) is 0 Å². The lowest BCUT2D eigenvalue weighted by Crippen LogP contribution is -2.61. The summed E-state index contributed by atoms with van der Waals surface area (Å²) < 4.78 is 20.0. The lowest BCUT2D eigenvalue weighted by molar-refractivity contribution is -0.218. The zero-order chi connectivity index (χ0) is 15.0. The average molecular weight is 314 g/mol. The van der Waals surface area contributed by atoms with Crippen molar-refractivity contribution in [2.45, 2.75) is 25.2 Å². The number of alkyl halides is 1. The summed E-state index contributed by atoms with van der Waals surface area (Å²) in [6, 6.07) is 0. The largest absolute Gasteiger partial charge is 0.401 e. The predicted molar refractivity (Wildman–Crippen MR) is 72.2 cm³/mol. The molecule has 0 unspecified atom stereocenters. The maximum Gasteiger partial charge on any atom is 0.285 e. The van der Waals surface area contributed by atoms with Gasteiger partial charge in [0.2, 0.25) is 5.91 Å². The summed E-state index contributed by atoms with van der Waals surface area (Å²) in [5.74, 6) is -2.98. The van der Waals surface area contributed by atoms with Crippen molar-refractivity contribution in [1.82, 2.24) is 9.96 Å². The Balaban J connectivity index is 1.79. The standard InChI is InChI=1S/C13H15FN2O4S/c1-19-5-4-15-11(17)2-3-13(14,12(15)18)16-6-9-7-21-8-10(9)20-16/h7-8H,2-6H2,1H3/t13-/m0/s1. The lowest BCUT2D eigenvalue weighted by Gasteiger charge is -2.38. The number of nitrogens with zero attached hydrogens (tertiary/aromatic N) is 2. The van der Waals surface area contributed by atoms with Gasteiger partial charge in [-0.2, -0.15) is 0 Å². The highest BCUT2D eigenvalue weighted by molar-refractivity contribution is 7.08. The summed E-state index contributed by atoms with van der Waals surface area (Å²) in [5, 5.41) is 4.67. The van der Waals surface area contributed by atoms with E-state index in [1.807, 2.05) is 5.38 Å². The first-order valence-electron chi connectivity index (χ1n) is 6.59. The number of hydrogen-bond acceptors (Lipinski definition) is 6. The van der Waals surface area contributed by atoms with Crippen molar-refractivity contribution in [3.63, 3.8) is 0 Å². The van der Waals surface area contributed by atoms with Crippen molar-refractivity contribution >= 4 is 23.2 Å². The molecule has 6 nitrogen and oxygen atoms in total. The molecule has 0 bridgehead atoms. The average Bonchev–Trinajstić information content (AvgIpc) is 3.05. The maximum atomic E-state index is 15.2. The lowest BCUT2D eigenvalue weighted by atomic mass is 10.0. The van der Waals surface area contributed by atoms with E-state index in [4.69, 9.17) is 9.57 Å². The molecule has 3 heterocycles. The van der Waals surface area contributed by atoms with Crippen LogP contribution in [0, 0.1) is 0 Å². The summed E-state index contributed by atoms with van der Waals surface area (Å²) in [6.45, 7) is 0.434. The van der Waals surface area contributed by atoms with Gasteiger partial charge < -0.3 is 9.57 Å². The number of likely N-dealkylation sites (tertiary alicyclic amines) is 1. The minimum absolute atomic E-state index is 0.0291. The molecule has 1 atom stereocenters. The van der Waals surface area contributed by atoms with Crippen molar-refractivity contribution in [2.75, 3.05) is 20.3 Å².